The van der Waals surface area contributed by atoms with E-state index in [1.54, 1.807) is 0 Å². The van der Waals surface area contributed by atoms with Gasteiger partial charge in [0.15, 0.2) is 0 Å². The van der Waals surface area contributed by atoms with Crippen LogP contribution in [0.2, 0.25) is 0 Å². The summed E-state index contributed by atoms with van der Waals surface area (Å²) in [6, 6.07) is 0.678. The first-order valence-electron chi connectivity index (χ1n) is 6.24. The number of rotatable bonds is 4. The number of aromatic amines is 1. The van der Waals surface area contributed by atoms with Crippen molar-refractivity contribution in [3.63, 3.8) is 0 Å². The summed E-state index contributed by atoms with van der Waals surface area (Å²) in [5, 5.41) is 10.6. The van der Waals surface area contributed by atoms with Gasteiger partial charge < -0.3 is 10.2 Å². The number of piperidine rings is 1. The molecule has 0 saturated carbocycles. The normalized spacial score (nSPS) is 19.1. The summed E-state index contributed by atoms with van der Waals surface area (Å²) < 4.78 is 0. The summed E-state index contributed by atoms with van der Waals surface area (Å²) in [4.78, 5) is 2.52. The highest BCUT2D eigenvalue weighted by Gasteiger charge is 2.17. The van der Waals surface area contributed by atoms with E-state index in [1.807, 2.05) is 6.20 Å². The van der Waals surface area contributed by atoms with Gasteiger partial charge in [-0.3, -0.25) is 5.10 Å². The Labute approximate surface area is 97.4 Å². The predicted octanol–water partition coefficient (Wildman–Crippen LogP) is 1.29. The second-order valence-corrected chi connectivity index (χ2v) is 4.61. The molecule has 4 heteroatoms. The van der Waals surface area contributed by atoms with Crippen LogP contribution in [-0.2, 0) is 6.54 Å². The Morgan fingerprint density at radius 2 is 2.25 bits per heavy atom. The van der Waals surface area contributed by atoms with Crippen LogP contribution in [-0.4, -0.2) is 40.8 Å². The number of hydrogen-bond acceptors (Lipinski definition) is 3. The Hall–Kier alpha value is -0.870. The first-order valence-corrected chi connectivity index (χ1v) is 6.24. The minimum atomic E-state index is 0.678. The van der Waals surface area contributed by atoms with E-state index in [-0.39, 0.29) is 0 Å². The molecule has 2 rings (SSSR count). The fraction of sp³-hybridized carbons (Fsp3) is 0.750. The standard InChI is InChI=1S/C12H22N4/c1-3-16-6-4-12(5-7-16)13-8-11-9-14-15-10(11)2/h9,12-13H,3-8H2,1-2H3,(H,14,15). The molecule has 1 aromatic heterocycles. The zero-order valence-electron chi connectivity index (χ0n) is 10.3. The highest BCUT2D eigenvalue weighted by atomic mass is 15.1. The third kappa shape index (κ3) is 2.83. The van der Waals surface area contributed by atoms with Crippen LogP contribution in [0.5, 0.6) is 0 Å². The smallest absolute Gasteiger partial charge is 0.0535 e. The molecule has 4 nitrogen and oxygen atoms in total. The first kappa shape index (κ1) is 11.6. The highest BCUT2D eigenvalue weighted by Crippen LogP contribution is 2.11. The molecule has 0 bridgehead atoms. The van der Waals surface area contributed by atoms with E-state index in [4.69, 9.17) is 0 Å². The molecular formula is C12H22N4. The molecule has 1 aromatic rings. The molecule has 0 aliphatic carbocycles. The molecule has 1 fully saturated rings. The van der Waals surface area contributed by atoms with Crippen molar-refractivity contribution in [3.05, 3.63) is 17.5 Å². The van der Waals surface area contributed by atoms with Crippen molar-refractivity contribution in [2.75, 3.05) is 19.6 Å². The summed E-state index contributed by atoms with van der Waals surface area (Å²) in [6.07, 6.45) is 4.46. The minimum Gasteiger partial charge on any atom is -0.310 e. The molecule has 90 valence electrons. The SMILES string of the molecule is CCN1CCC(NCc2cn[nH]c2C)CC1. The number of aryl methyl sites for hydroxylation is 1. The van der Waals surface area contributed by atoms with Gasteiger partial charge in [0.1, 0.15) is 0 Å². The molecule has 1 aliphatic rings. The summed E-state index contributed by atoms with van der Waals surface area (Å²) in [5.41, 5.74) is 2.47. The molecule has 2 N–H and O–H groups in total. The largest absolute Gasteiger partial charge is 0.310 e. The van der Waals surface area contributed by atoms with Gasteiger partial charge in [0.25, 0.3) is 0 Å². The number of nitrogens with zero attached hydrogens (tertiary/aromatic N) is 2. The lowest BCUT2D eigenvalue weighted by atomic mass is 10.0. The van der Waals surface area contributed by atoms with Gasteiger partial charge in [0.2, 0.25) is 0 Å². The van der Waals surface area contributed by atoms with Crippen LogP contribution in [0.1, 0.15) is 31.0 Å². The number of likely N-dealkylation sites (tertiary alicyclic amines) is 1. The third-order valence-corrected chi connectivity index (χ3v) is 3.55. The fourth-order valence-electron chi connectivity index (χ4n) is 2.26. The zero-order chi connectivity index (χ0) is 11.4. The highest BCUT2D eigenvalue weighted by molar-refractivity contribution is 5.13. The first-order chi connectivity index (χ1) is 7.79. The molecule has 2 heterocycles. The summed E-state index contributed by atoms with van der Waals surface area (Å²) in [6.45, 7) is 8.91. The van der Waals surface area contributed by atoms with Crippen molar-refractivity contribution in [2.45, 2.75) is 39.3 Å². The quantitative estimate of drug-likeness (QED) is 0.807. The van der Waals surface area contributed by atoms with Gasteiger partial charge in [0.05, 0.1) is 6.20 Å². The second-order valence-electron chi connectivity index (χ2n) is 4.61. The lowest BCUT2D eigenvalue weighted by molar-refractivity contribution is 0.206. The van der Waals surface area contributed by atoms with Gasteiger partial charge in [-0.2, -0.15) is 5.10 Å². The van der Waals surface area contributed by atoms with Crippen molar-refractivity contribution in [3.8, 4) is 0 Å². The van der Waals surface area contributed by atoms with E-state index in [1.165, 1.54) is 43.7 Å². The van der Waals surface area contributed by atoms with Gasteiger partial charge in [-0.15, -0.1) is 0 Å². The molecule has 16 heavy (non-hydrogen) atoms. The van der Waals surface area contributed by atoms with E-state index in [9.17, 15) is 0 Å². The van der Waals surface area contributed by atoms with Gasteiger partial charge in [-0.25, -0.2) is 0 Å². The van der Waals surface area contributed by atoms with Gasteiger partial charge in [-0.05, 0) is 39.4 Å². The topological polar surface area (TPSA) is 44.0 Å². The zero-order valence-corrected chi connectivity index (χ0v) is 10.3. The molecule has 0 atom stereocenters. The van der Waals surface area contributed by atoms with E-state index in [2.05, 4.69) is 34.3 Å². The third-order valence-electron chi connectivity index (χ3n) is 3.55. The number of aromatic nitrogens is 2. The van der Waals surface area contributed by atoms with Crippen molar-refractivity contribution in [2.24, 2.45) is 0 Å². The molecular weight excluding hydrogens is 200 g/mol. The van der Waals surface area contributed by atoms with E-state index >= 15 is 0 Å². The summed E-state index contributed by atoms with van der Waals surface area (Å²) in [7, 11) is 0. The van der Waals surface area contributed by atoms with Crippen LogP contribution in [0.15, 0.2) is 6.20 Å². The van der Waals surface area contributed by atoms with Crippen LogP contribution < -0.4 is 5.32 Å². The summed E-state index contributed by atoms with van der Waals surface area (Å²) in [5.74, 6) is 0. The predicted molar refractivity (Wildman–Crippen MR) is 65.3 cm³/mol. The minimum absolute atomic E-state index is 0.678. The van der Waals surface area contributed by atoms with E-state index in [0.717, 1.165) is 6.54 Å². The molecule has 0 spiro atoms. The maximum absolute atomic E-state index is 4.04. The van der Waals surface area contributed by atoms with Crippen LogP contribution in [0, 0.1) is 6.92 Å². The molecule has 0 amide bonds. The fourth-order valence-corrected chi connectivity index (χ4v) is 2.26. The monoisotopic (exact) mass is 222 g/mol. The maximum atomic E-state index is 4.04. The van der Waals surface area contributed by atoms with Crippen molar-refractivity contribution in [1.82, 2.24) is 20.4 Å². The Morgan fingerprint density at radius 3 is 2.81 bits per heavy atom. The maximum Gasteiger partial charge on any atom is 0.0535 e. The Bertz CT molecular complexity index is 313. The number of nitrogens with one attached hydrogen (secondary N) is 2. The number of H-pyrrole nitrogens is 1. The van der Waals surface area contributed by atoms with Crippen LogP contribution in [0.4, 0.5) is 0 Å². The van der Waals surface area contributed by atoms with Crippen LogP contribution in [0.25, 0.3) is 0 Å². The molecule has 0 aromatic carbocycles. The average Bonchev–Trinajstić information content (AvgIpc) is 2.73. The van der Waals surface area contributed by atoms with E-state index < -0.39 is 0 Å². The van der Waals surface area contributed by atoms with E-state index in [0.29, 0.717) is 6.04 Å². The number of hydrogen-bond donors (Lipinski definition) is 2. The van der Waals surface area contributed by atoms with Crippen molar-refractivity contribution < 1.29 is 0 Å². The van der Waals surface area contributed by atoms with Crippen LogP contribution in [0.3, 0.4) is 0 Å². The lowest BCUT2D eigenvalue weighted by Crippen LogP contribution is -2.42. The lowest BCUT2D eigenvalue weighted by Gasteiger charge is -2.31. The Kier molecular flexibility index (Phi) is 3.96. The van der Waals surface area contributed by atoms with Crippen molar-refractivity contribution >= 4 is 0 Å². The van der Waals surface area contributed by atoms with Gasteiger partial charge >= 0.3 is 0 Å². The molecule has 0 unspecified atom stereocenters. The van der Waals surface area contributed by atoms with Crippen molar-refractivity contribution in [1.29, 1.82) is 0 Å². The average molecular weight is 222 g/mol. The summed E-state index contributed by atoms with van der Waals surface area (Å²) >= 11 is 0. The molecule has 1 saturated heterocycles. The Balaban J connectivity index is 1.73. The molecule has 1 aliphatic heterocycles. The van der Waals surface area contributed by atoms with Gasteiger partial charge in [-0.1, -0.05) is 6.92 Å². The Morgan fingerprint density at radius 1 is 1.50 bits per heavy atom. The molecule has 0 radical (unpaired) electrons. The van der Waals surface area contributed by atoms with Gasteiger partial charge in [0, 0.05) is 23.8 Å². The van der Waals surface area contributed by atoms with Crippen LogP contribution >= 0.6 is 0 Å². The second kappa shape index (κ2) is 5.46.